The molecule has 1 aromatic heterocycles. The van der Waals surface area contributed by atoms with Gasteiger partial charge in [-0.3, -0.25) is 4.79 Å². The lowest BCUT2D eigenvalue weighted by molar-refractivity contribution is -0.137. The Labute approximate surface area is 162 Å². The lowest BCUT2D eigenvalue weighted by Gasteiger charge is -2.27. The fourth-order valence-electron chi connectivity index (χ4n) is 2.97. The largest absolute Gasteiger partial charge is 0.416 e. The molecule has 1 amide bonds. The first-order valence-corrected chi connectivity index (χ1v) is 9.11. The molecule has 1 N–H and O–H groups in total. The maximum atomic E-state index is 13.2. The number of halogens is 3. The third-order valence-corrected chi connectivity index (χ3v) is 4.64. The molecule has 0 atom stereocenters. The Morgan fingerprint density at radius 3 is 2.29 bits per heavy atom. The summed E-state index contributed by atoms with van der Waals surface area (Å²) in [7, 11) is 0. The lowest BCUT2D eigenvalue weighted by atomic mass is 9.92. The van der Waals surface area contributed by atoms with Crippen molar-refractivity contribution in [3.63, 3.8) is 0 Å². The SMILES string of the molecule is CC(C)(C)CCN(C(=O)c1ccc2[nH]ccc2c1)c1ccc(C(F)(F)F)cc1. The smallest absolute Gasteiger partial charge is 0.361 e. The molecule has 0 unspecified atom stereocenters. The minimum Gasteiger partial charge on any atom is -0.361 e. The Morgan fingerprint density at radius 1 is 1.00 bits per heavy atom. The van der Waals surface area contributed by atoms with Crippen LogP contribution in [0.1, 0.15) is 43.1 Å². The summed E-state index contributed by atoms with van der Waals surface area (Å²) in [5.74, 6) is -0.230. The zero-order valence-corrected chi connectivity index (χ0v) is 16.1. The van der Waals surface area contributed by atoms with Gasteiger partial charge in [0.1, 0.15) is 0 Å². The van der Waals surface area contributed by atoms with Crippen molar-refractivity contribution < 1.29 is 18.0 Å². The quantitative estimate of drug-likeness (QED) is 0.562. The molecular formula is C22H23F3N2O. The number of nitrogens with one attached hydrogen (secondary N) is 1. The van der Waals surface area contributed by atoms with Gasteiger partial charge in [0.05, 0.1) is 5.56 Å². The number of fused-ring (bicyclic) bond motifs is 1. The van der Waals surface area contributed by atoms with Crippen molar-refractivity contribution >= 4 is 22.5 Å². The van der Waals surface area contributed by atoms with E-state index in [1.807, 2.05) is 12.1 Å². The summed E-state index contributed by atoms with van der Waals surface area (Å²) in [6.07, 6.45) is -1.89. The summed E-state index contributed by atoms with van der Waals surface area (Å²) in [4.78, 5) is 17.8. The van der Waals surface area contributed by atoms with Crippen LogP contribution in [0, 0.1) is 5.41 Å². The topological polar surface area (TPSA) is 36.1 Å². The Bertz CT molecular complexity index is 966. The fourth-order valence-corrected chi connectivity index (χ4v) is 2.97. The average Bonchev–Trinajstić information content (AvgIpc) is 3.08. The van der Waals surface area contributed by atoms with Gasteiger partial charge in [-0.15, -0.1) is 0 Å². The number of rotatable bonds is 4. The van der Waals surface area contributed by atoms with Gasteiger partial charge in [0.25, 0.3) is 5.91 Å². The van der Waals surface area contributed by atoms with E-state index in [0.717, 1.165) is 23.0 Å². The molecule has 3 aromatic rings. The maximum Gasteiger partial charge on any atom is 0.416 e. The van der Waals surface area contributed by atoms with E-state index in [-0.39, 0.29) is 11.3 Å². The number of carbonyl (C=O) groups excluding carboxylic acids is 1. The van der Waals surface area contributed by atoms with Crippen molar-refractivity contribution in [3.05, 3.63) is 65.9 Å². The Hall–Kier alpha value is -2.76. The molecule has 28 heavy (non-hydrogen) atoms. The van der Waals surface area contributed by atoms with E-state index in [0.29, 0.717) is 24.2 Å². The van der Waals surface area contributed by atoms with E-state index in [4.69, 9.17) is 0 Å². The number of alkyl halides is 3. The molecular weight excluding hydrogens is 365 g/mol. The fraction of sp³-hybridized carbons (Fsp3) is 0.318. The molecule has 6 heteroatoms. The predicted octanol–water partition coefficient (Wildman–Crippen LogP) is 6.27. The van der Waals surface area contributed by atoms with E-state index in [9.17, 15) is 18.0 Å². The van der Waals surface area contributed by atoms with E-state index in [1.54, 1.807) is 23.2 Å². The van der Waals surface area contributed by atoms with Crippen LogP contribution >= 0.6 is 0 Å². The van der Waals surface area contributed by atoms with E-state index < -0.39 is 11.7 Å². The summed E-state index contributed by atoms with van der Waals surface area (Å²) in [6.45, 7) is 6.61. The van der Waals surface area contributed by atoms with Crippen molar-refractivity contribution in [1.82, 2.24) is 4.98 Å². The van der Waals surface area contributed by atoms with Crippen LogP contribution in [-0.4, -0.2) is 17.4 Å². The third-order valence-electron chi connectivity index (χ3n) is 4.64. The molecule has 0 spiro atoms. The molecule has 0 aliphatic carbocycles. The lowest BCUT2D eigenvalue weighted by Crippen LogP contribution is -2.33. The summed E-state index contributed by atoms with van der Waals surface area (Å²) in [5.41, 5.74) is 1.13. The number of aromatic amines is 1. The zero-order valence-electron chi connectivity index (χ0n) is 16.1. The number of anilines is 1. The van der Waals surface area contributed by atoms with Crippen molar-refractivity contribution in [3.8, 4) is 0 Å². The molecule has 1 heterocycles. The van der Waals surface area contributed by atoms with Gasteiger partial charge < -0.3 is 9.88 Å². The van der Waals surface area contributed by atoms with Crippen LogP contribution in [0.3, 0.4) is 0 Å². The standard InChI is InChI=1S/C22H23F3N2O/c1-21(2,3)11-13-27(18-7-5-17(6-8-18)22(23,24)25)20(28)16-4-9-19-15(14-16)10-12-26-19/h4-10,12,14,26H,11,13H2,1-3H3. The predicted molar refractivity (Wildman–Crippen MR) is 105 cm³/mol. The van der Waals surface area contributed by atoms with Crippen molar-refractivity contribution in [2.75, 3.05) is 11.4 Å². The monoisotopic (exact) mass is 388 g/mol. The Balaban J connectivity index is 1.94. The number of carbonyl (C=O) groups is 1. The molecule has 0 bridgehead atoms. The number of H-pyrrole nitrogens is 1. The highest BCUT2D eigenvalue weighted by Gasteiger charge is 2.30. The Morgan fingerprint density at radius 2 is 1.68 bits per heavy atom. The second kappa shape index (κ2) is 7.34. The summed E-state index contributed by atoms with van der Waals surface area (Å²) >= 11 is 0. The van der Waals surface area contributed by atoms with Crippen LogP contribution in [0.4, 0.5) is 18.9 Å². The Kier molecular flexibility index (Phi) is 5.24. The highest BCUT2D eigenvalue weighted by Crippen LogP contribution is 2.31. The number of hydrogen-bond acceptors (Lipinski definition) is 1. The molecule has 148 valence electrons. The first-order chi connectivity index (χ1) is 13.0. The minimum absolute atomic E-state index is 0.0188. The molecule has 3 nitrogen and oxygen atoms in total. The van der Waals surface area contributed by atoms with Gasteiger partial charge in [0, 0.05) is 34.9 Å². The normalized spacial score (nSPS) is 12.4. The highest BCUT2D eigenvalue weighted by atomic mass is 19.4. The van der Waals surface area contributed by atoms with Gasteiger partial charge in [-0.2, -0.15) is 13.2 Å². The van der Waals surface area contributed by atoms with Gasteiger partial charge in [0.2, 0.25) is 0 Å². The van der Waals surface area contributed by atoms with Crippen LogP contribution in [0.25, 0.3) is 10.9 Å². The summed E-state index contributed by atoms with van der Waals surface area (Å²) < 4.78 is 38.6. The second-order valence-corrected chi connectivity index (χ2v) is 8.09. The van der Waals surface area contributed by atoms with Crippen molar-refractivity contribution in [2.45, 2.75) is 33.4 Å². The van der Waals surface area contributed by atoms with Crippen molar-refractivity contribution in [1.29, 1.82) is 0 Å². The zero-order chi connectivity index (χ0) is 20.5. The van der Waals surface area contributed by atoms with Gasteiger partial charge in [0.15, 0.2) is 0 Å². The van der Waals surface area contributed by atoms with Crippen LogP contribution in [0.2, 0.25) is 0 Å². The first kappa shape index (κ1) is 20.0. The van der Waals surface area contributed by atoms with Crippen molar-refractivity contribution in [2.24, 2.45) is 5.41 Å². The molecule has 2 aromatic carbocycles. The van der Waals surface area contributed by atoms with Crippen LogP contribution < -0.4 is 4.90 Å². The number of amides is 1. The first-order valence-electron chi connectivity index (χ1n) is 9.11. The summed E-state index contributed by atoms with van der Waals surface area (Å²) in [5, 5.41) is 0.911. The number of aromatic nitrogens is 1. The maximum absolute atomic E-state index is 13.2. The molecule has 0 radical (unpaired) electrons. The minimum atomic E-state index is -4.40. The molecule has 0 fully saturated rings. The number of hydrogen-bond donors (Lipinski definition) is 1. The van der Waals surface area contributed by atoms with E-state index in [2.05, 4.69) is 25.8 Å². The van der Waals surface area contributed by atoms with Gasteiger partial charge in [-0.25, -0.2) is 0 Å². The van der Waals surface area contributed by atoms with Gasteiger partial charge in [-0.1, -0.05) is 20.8 Å². The summed E-state index contributed by atoms with van der Waals surface area (Å²) in [6, 6.07) is 12.0. The van der Waals surface area contributed by atoms with Gasteiger partial charge in [-0.05, 0) is 60.4 Å². The third kappa shape index (κ3) is 4.55. The van der Waals surface area contributed by atoms with Crippen LogP contribution in [0.15, 0.2) is 54.7 Å². The second-order valence-electron chi connectivity index (χ2n) is 8.09. The molecule has 0 saturated carbocycles. The molecule has 3 rings (SSSR count). The average molecular weight is 388 g/mol. The molecule has 0 aliphatic rings. The number of nitrogens with zero attached hydrogens (tertiary/aromatic N) is 1. The van der Waals surface area contributed by atoms with Crippen LogP contribution in [0.5, 0.6) is 0 Å². The molecule has 0 aliphatic heterocycles. The highest BCUT2D eigenvalue weighted by molar-refractivity contribution is 6.07. The number of benzene rings is 2. The van der Waals surface area contributed by atoms with E-state index >= 15 is 0 Å². The van der Waals surface area contributed by atoms with Crippen LogP contribution in [-0.2, 0) is 6.18 Å². The molecule has 0 saturated heterocycles. The van der Waals surface area contributed by atoms with E-state index in [1.165, 1.54) is 12.1 Å². The van der Waals surface area contributed by atoms with Gasteiger partial charge >= 0.3 is 6.18 Å².